The van der Waals surface area contributed by atoms with Crippen molar-refractivity contribution in [2.75, 3.05) is 0 Å². The molecule has 0 spiro atoms. The van der Waals surface area contributed by atoms with Crippen LogP contribution in [0.5, 0.6) is 0 Å². The summed E-state index contributed by atoms with van der Waals surface area (Å²) in [5, 5.41) is 0. The smallest absolute Gasteiger partial charge is 0.117 e. The third kappa shape index (κ3) is 4.55. The first-order valence-electron chi connectivity index (χ1n) is 3.96. The van der Waals surface area contributed by atoms with Gasteiger partial charge in [-0.3, -0.25) is 0 Å². The molecule has 0 fully saturated rings. The van der Waals surface area contributed by atoms with E-state index in [1.54, 1.807) is 6.34 Å². The first-order chi connectivity index (χ1) is 5.57. The molecule has 0 aliphatic heterocycles. The van der Waals surface area contributed by atoms with Crippen molar-refractivity contribution < 1.29 is 0 Å². The van der Waals surface area contributed by atoms with Gasteiger partial charge >= 0.3 is 0 Å². The standard InChI is InChI=1S/C9H17N3/c1-5-6-12(8(2)3)7-11-9(4)10/h5-8H,4,10H2,1-3H3/b6-5-,11-7-. The summed E-state index contributed by atoms with van der Waals surface area (Å²) >= 11 is 0. The molecule has 0 amide bonds. The monoisotopic (exact) mass is 167 g/mol. The Morgan fingerprint density at radius 1 is 1.58 bits per heavy atom. The Hall–Kier alpha value is -1.25. The van der Waals surface area contributed by atoms with E-state index in [1.165, 1.54) is 0 Å². The minimum absolute atomic E-state index is 0.324. The number of hydrogen-bond donors (Lipinski definition) is 1. The number of aliphatic imine (C=N–C) groups is 1. The lowest BCUT2D eigenvalue weighted by molar-refractivity contribution is 0.470. The van der Waals surface area contributed by atoms with Crippen molar-refractivity contribution in [3.8, 4) is 0 Å². The maximum atomic E-state index is 5.29. The lowest BCUT2D eigenvalue weighted by Gasteiger charge is -2.18. The molecule has 0 radical (unpaired) electrons. The molecule has 0 bridgehead atoms. The second kappa shape index (κ2) is 5.41. The van der Waals surface area contributed by atoms with Crippen molar-refractivity contribution >= 4 is 6.34 Å². The average molecular weight is 167 g/mol. The van der Waals surface area contributed by atoms with Crippen molar-refractivity contribution in [1.82, 2.24) is 4.90 Å². The van der Waals surface area contributed by atoms with Gasteiger partial charge in [-0.1, -0.05) is 12.7 Å². The Labute approximate surface area is 74.3 Å². The van der Waals surface area contributed by atoms with Crippen molar-refractivity contribution in [1.29, 1.82) is 0 Å². The Morgan fingerprint density at radius 3 is 2.50 bits per heavy atom. The van der Waals surface area contributed by atoms with Crippen LogP contribution >= 0.6 is 0 Å². The van der Waals surface area contributed by atoms with Gasteiger partial charge in [0.25, 0.3) is 0 Å². The van der Waals surface area contributed by atoms with Crippen molar-refractivity contribution in [2.24, 2.45) is 10.7 Å². The van der Waals surface area contributed by atoms with Gasteiger partial charge in [0, 0.05) is 12.2 Å². The van der Waals surface area contributed by atoms with Crippen LogP contribution in [0.2, 0.25) is 0 Å². The van der Waals surface area contributed by atoms with Gasteiger partial charge in [-0.2, -0.15) is 0 Å². The van der Waals surface area contributed by atoms with E-state index < -0.39 is 0 Å². The van der Waals surface area contributed by atoms with E-state index >= 15 is 0 Å². The van der Waals surface area contributed by atoms with E-state index in [4.69, 9.17) is 5.73 Å². The molecule has 3 nitrogen and oxygen atoms in total. The largest absolute Gasteiger partial charge is 0.384 e. The molecule has 12 heavy (non-hydrogen) atoms. The summed E-state index contributed by atoms with van der Waals surface area (Å²) in [6.45, 7) is 9.58. The van der Waals surface area contributed by atoms with Gasteiger partial charge in [0.2, 0.25) is 0 Å². The van der Waals surface area contributed by atoms with Crippen LogP contribution in [0.3, 0.4) is 0 Å². The normalized spacial score (nSPS) is 11.7. The summed E-state index contributed by atoms with van der Waals surface area (Å²) in [6.07, 6.45) is 5.56. The maximum Gasteiger partial charge on any atom is 0.117 e. The zero-order chi connectivity index (χ0) is 9.56. The van der Waals surface area contributed by atoms with Crippen LogP contribution < -0.4 is 5.73 Å². The average Bonchev–Trinajstić information content (AvgIpc) is 1.96. The van der Waals surface area contributed by atoms with Crippen LogP contribution in [0.25, 0.3) is 0 Å². The van der Waals surface area contributed by atoms with Gasteiger partial charge in [-0.05, 0) is 20.8 Å². The van der Waals surface area contributed by atoms with Crippen molar-refractivity contribution in [2.45, 2.75) is 26.8 Å². The highest BCUT2D eigenvalue weighted by Gasteiger charge is 1.98. The maximum absolute atomic E-state index is 5.29. The highest BCUT2D eigenvalue weighted by atomic mass is 15.2. The van der Waals surface area contributed by atoms with E-state index in [-0.39, 0.29) is 0 Å². The first kappa shape index (κ1) is 10.8. The Kier molecular flexibility index (Phi) is 4.84. The molecule has 0 saturated carbocycles. The van der Waals surface area contributed by atoms with E-state index in [1.807, 2.05) is 24.1 Å². The molecule has 0 aliphatic carbocycles. The molecule has 0 aromatic heterocycles. The van der Waals surface area contributed by atoms with Gasteiger partial charge in [0.15, 0.2) is 0 Å². The Morgan fingerprint density at radius 2 is 2.17 bits per heavy atom. The fourth-order valence-electron chi connectivity index (χ4n) is 0.657. The Balaban J connectivity index is 4.22. The van der Waals surface area contributed by atoms with Crippen LogP contribution in [0.1, 0.15) is 20.8 Å². The van der Waals surface area contributed by atoms with Crippen molar-refractivity contribution in [3.63, 3.8) is 0 Å². The summed E-state index contributed by atoms with van der Waals surface area (Å²) in [5.74, 6) is 0.324. The van der Waals surface area contributed by atoms with Gasteiger partial charge < -0.3 is 10.6 Å². The summed E-state index contributed by atoms with van der Waals surface area (Å²) in [6, 6.07) is 0.379. The van der Waals surface area contributed by atoms with E-state index in [0.29, 0.717) is 11.9 Å². The predicted octanol–water partition coefficient (Wildman–Crippen LogP) is 1.69. The molecule has 0 aromatic rings. The molecule has 0 atom stereocenters. The van der Waals surface area contributed by atoms with E-state index in [2.05, 4.69) is 25.4 Å². The molecule has 0 rings (SSSR count). The molecule has 0 heterocycles. The van der Waals surface area contributed by atoms with Crippen LogP contribution in [0.15, 0.2) is 29.7 Å². The lowest BCUT2D eigenvalue weighted by Crippen LogP contribution is -2.23. The minimum Gasteiger partial charge on any atom is -0.384 e. The van der Waals surface area contributed by atoms with Crippen molar-refractivity contribution in [3.05, 3.63) is 24.7 Å². The number of rotatable bonds is 4. The van der Waals surface area contributed by atoms with Crippen LogP contribution in [0, 0.1) is 0 Å². The molecule has 0 unspecified atom stereocenters. The third-order valence-electron chi connectivity index (χ3n) is 1.27. The zero-order valence-corrected chi connectivity index (χ0v) is 7.99. The van der Waals surface area contributed by atoms with Crippen LogP contribution in [-0.4, -0.2) is 17.3 Å². The molecule has 3 heteroatoms. The molecular formula is C9H17N3. The van der Waals surface area contributed by atoms with Crippen LogP contribution in [-0.2, 0) is 0 Å². The number of allylic oxidation sites excluding steroid dienone is 1. The van der Waals surface area contributed by atoms with Gasteiger partial charge in [0.05, 0.1) is 6.34 Å². The number of nitrogens with two attached hydrogens (primary N) is 1. The number of hydrogen-bond acceptors (Lipinski definition) is 2. The fourth-order valence-corrected chi connectivity index (χ4v) is 0.657. The topological polar surface area (TPSA) is 41.6 Å². The highest BCUT2D eigenvalue weighted by molar-refractivity contribution is 5.58. The molecule has 0 aromatic carbocycles. The molecule has 0 saturated heterocycles. The van der Waals surface area contributed by atoms with Gasteiger partial charge in [-0.25, -0.2) is 4.99 Å². The van der Waals surface area contributed by atoms with Gasteiger partial charge in [0.1, 0.15) is 5.82 Å². The molecule has 0 aliphatic rings. The molecular weight excluding hydrogens is 150 g/mol. The Bertz CT molecular complexity index is 192. The summed E-state index contributed by atoms with van der Waals surface area (Å²) in [5.41, 5.74) is 5.29. The van der Waals surface area contributed by atoms with E-state index in [0.717, 1.165) is 0 Å². The second-order valence-corrected chi connectivity index (χ2v) is 2.76. The SMILES string of the molecule is C=C(N)/N=C\N(/C=C\C)C(C)C. The summed E-state index contributed by atoms with van der Waals surface area (Å²) in [7, 11) is 0. The quantitative estimate of drug-likeness (QED) is 0.511. The number of nitrogens with zero attached hydrogens (tertiary/aromatic N) is 2. The molecule has 68 valence electrons. The predicted molar refractivity (Wildman–Crippen MR) is 53.6 cm³/mol. The summed E-state index contributed by atoms with van der Waals surface area (Å²) in [4.78, 5) is 5.85. The highest BCUT2D eigenvalue weighted by Crippen LogP contribution is 1.96. The lowest BCUT2D eigenvalue weighted by atomic mass is 10.3. The summed E-state index contributed by atoms with van der Waals surface area (Å²) < 4.78 is 0. The molecule has 2 N–H and O–H groups in total. The third-order valence-corrected chi connectivity index (χ3v) is 1.27. The fraction of sp³-hybridized carbons (Fsp3) is 0.444. The zero-order valence-electron chi connectivity index (χ0n) is 7.99. The van der Waals surface area contributed by atoms with Crippen LogP contribution in [0.4, 0.5) is 0 Å². The van der Waals surface area contributed by atoms with E-state index in [9.17, 15) is 0 Å². The first-order valence-corrected chi connectivity index (χ1v) is 3.96. The minimum atomic E-state index is 0.324. The second-order valence-electron chi connectivity index (χ2n) is 2.76. The van der Waals surface area contributed by atoms with Gasteiger partial charge in [-0.15, -0.1) is 0 Å².